The van der Waals surface area contributed by atoms with Crippen LogP contribution in [0.5, 0.6) is 0 Å². The van der Waals surface area contributed by atoms with Crippen LogP contribution < -0.4 is 5.32 Å². The van der Waals surface area contributed by atoms with Crippen molar-refractivity contribution in [3.8, 4) is 0 Å². The summed E-state index contributed by atoms with van der Waals surface area (Å²) in [6, 6.07) is 21.7. The first-order chi connectivity index (χ1) is 9.85. The Bertz CT molecular complexity index is 488. The van der Waals surface area contributed by atoms with E-state index in [1.807, 2.05) is 0 Å². The van der Waals surface area contributed by atoms with Crippen molar-refractivity contribution in [3.63, 3.8) is 0 Å². The second-order valence-electron chi connectivity index (χ2n) is 5.61. The molecule has 1 heterocycles. The van der Waals surface area contributed by atoms with Crippen molar-refractivity contribution >= 4 is 0 Å². The molecule has 0 radical (unpaired) electrons. The van der Waals surface area contributed by atoms with Gasteiger partial charge < -0.3 is 10.4 Å². The van der Waals surface area contributed by atoms with Crippen LogP contribution in [0.3, 0.4) is 0 Å². The predicted octanol–water partition coefficient (Wildman–Crippen LogP) is 2.72. The molecule has 0 spiro atoms. The second-order valence-corrected chi connectivity index (χ2v) is 5.61. The van der Waals surface area contributed by atoms with E-state index in [4.69, 9.17) is 0 Å². The maximum atomic E-state index is 9.34. The van der Waals surface area contributed by atoms with Crippen LogP contribution in [0.1, 0.15) is 24.0 Å². The Balaban J connectivity index is 2.01. The Morgan fingerprint density at radius 2 is 1.50 bits per heavy atom. The van der Waals surface area contributed by atoms with Crippen molar-refractivity contribution in [1.29, 1.82) is 0 Å². The molecule has 20 heavy (non-hydrogen) atoms. The number of rotatable bonds is 3. The Hall–Kier alpha value is -1.64. The quantitative estimate of drug-likeness (QED) is 0.896. The fourth-order valence-electron chi connectivity index (χ4n) is 3.26. The van der Waals surface area contributed by atoms with Crippen LogP contribution in [-0.4, -0.2) is 24.3 Å². The van der Waals surface area contributed by atoms with Crippen LogP contribution >= 0.6 is 0 Å². The molecule has 3 rings (SSSR count). The van der Waals surface area contributed by atoms with Gasteiger partial charge in [-0.3, -0.25) is 0 Å². The highest BCUT2D eigenvalue weighted by atomic mass is 16.3. The van der Waals surface area contributed by atoms with Gasteiger partial charge in [-0.1, -0.05) is 60.7 Å². The predicted molar refractivity (Wildman–Crippen MR) is 81.8 cm³/mol. The summed E-state index contributed by atoms with van der Waals surface area (Å²) in [5.41, 5.74) is 2.74. The van der Waals surface area contributed by atoms with Gasteiger partial charge in [-0.15, -0.1) is 0 Å². The van der Waals surface area contributed by atoms with Gasteiger partial charge in [0.15, 0.2) is 0 Å². The lowest BCUT2D eigenvalue weighted by atomic mass is 9.69. The minimum absolute atomic E-state index is 0.0220. The van der Waals surface area contributed by atoms with Crippen LogP contribution in [0.2, 0.25) is 0 Å². The molecule has 1 unspecified atom stereocenters. The lowest BCUT2D eigenvalue weighted by Gasteiger charge is -2.41. The first-order valence-corrected chi connectivity index (χ1v) is 7.30. The van der Waals surface area contributed by atoms with E-state index in [1.165, 1.54) is 11.1 Å². The van der Waals surface area contributed by atoms with Crippen molar-refractivity contribution in [2.75, 3.05) is 13.2 Å². The lowest BCUT2D eigenvalue weighted by molar-refractivity contribution is 0.195. The number of piperidine rings is 1. The smallest absolute Gasteiger partial charge is 0.0584 e. The second kappa shape index (κ2) is 5.78. The monoisotopic (exact) mass is 267 g/mol. The Morgan fingerprint density at radius 3 is 1.90 bits per heavy atom. The van der Waals surface area contributed by atoms with E-state index in [0.29, 0.717) is 0 Å². The summed E-state index contributed by atoms with van der Waals surface area (Å²) < 4.78 is 0. The average Bonchev–Trinajstić information content (AvgIpc) is 2.56. The fraction of sp³-hybridized carbons (Fsp3) is 0.333. The molecule has 0 amide bonds. The third kappa shape index (κ3) is 2.37. The van der Waals surface area contributed by atoms with Crippen molar-refractivity contribution < 1.29 is 5.11 Å². The van der Waals surface area contributed by atoms with Gasteiger partial charge >= 0.3 is 0 Å². The molecule has 2 N–H and O–H groups in total. The normalized spacial score (nSPS) is 21.6. The summed E-state index contributed by atoms with van der Waals surface area (Å²) in [4.78, 5) is 0. The van der Waals surface area contributed by atoms with E-state index < -0.39 is 0 Å². The molecule has 1 saturated heterocycles. The molecule has 104 valence electrons. The standard InChI is InChI=1S/C18H21NO/c20-13-17-11-12-18(14-19-17,15-7-3-1-4-8-15)16-9-5-2-6-10-16/h1-10,17,19-20H,11-14H2. The number of hydrogen-bond donors (Lipinski definition) is 2. The van der Waals surface area contributed by atoms with Gasteiger partial charge in [0.1, 0.15) is 0 Å². The molecule has 2 heteroatoms. The topological polar surface area (TPSA) is 32.3 Å². The first kappa shape index (κ1) is 13.3. The zero-order valence-corrected chi connectivity index (χ0v) is 11.6. The van der Waals surface area contributed by atoms with Gasteiger partial charge in [0.05, 0.1) is 6.61 Å². The van der Waals surface area contributed by atoms with Crippen LogP contribution in [0.25, 0.3) is 0 Å². The molecule has 1 aliphatic heterocycles. The summed E-state index contributed by atoms with van der Waals surface area (Å²) in [7, 11) is 0. The van der Waals surface area contributed by atoms with Gasteiger partial charge in [-0.05, 0) is 24.0 Å². The molecule has 1 atom stereocenters. The molecule has 2 nitrogen and oxygen atoms in total. The number of hydrogen-bond acceptors (Lipinski definition) is 2. The third-order valence-corrected chi connectivity index (χ3v) is 4.49. The third-order valence-electron chi connectivity index (χ3n) is 4.49. The molecular formula is C18H21NO. The largest absolute Gasteiger partial charge is 0.395 e. The van der Waals surface area contributed by atoms with E-state index in [1.54, 1.807) is 0 Å². The number of nitrogens with one attached hydrogen (secondary N) is 1. The van der Waals surface area contributed by atoms with Crippen molar-refractivity contribution in [2.24, 2.45) is 0 Å². The highest BCUT2D eigenvalue weighted by molar-refractivity contribution is 5.40. The molecule has 0 aromatic heterocycles. The molecule has 0 saturated carbocycles. The van der Waals surface area contributed by atoms with Crippen molar-refractivity contribution in [3.05, 3.63) is 71.8 Å². The maximum absolute atomic E-state index is 9.34. The lowest BCUT2D eigenvalue weighted by Crippen LogP contribution is -2.50. The molecule has 2 aromatic rings. The number of benzene rings is 2. The van der Waals surface area contributed by atoms with Gasteiger partial charge in [-0.25, -0.2) is 0 Å². The van der Waals surface area contributed by atoms with E-state index in [2.05, 4.69) is 66.0 Å². The van der Waals surface area contributed by atoms with Crippen LogP contribution in [0.15, 0.2) is 60.7 Å². The maximum Gasteiger partial charge on any atom is 0.0584 e. The van der Waals surface area contributed by atoms with Gasteiger partial charge in [0, 0.05) is 18.0 Å². The van der Waals surface area contributed by atoms with Gasteiger partial charge in [0.2, 0.25) is 0 Å². The van der Waals surface area contributed by atoms with Crippen LogP contribution in [0, 0.1) is 0 Å². The summed E-state index contributed by atoms with van der Waals surface area (Å²) >= 11 is 0. The minimum Gasteiger partial charge on any atom is -0.395 e. The Morgan fingerprint density at radius 1 is 0.950 bits per heavy atom. The van der Waals surface area contributed by atoms with Gasteiger partial charge in [0.25, 0.3) is 0 Å². The Labute approximate surface area is 120 Å². The number of aliphatic hydroxyl groups excluding tert-OH is 1. The highest BCUT2D eigenvalue weighted by Gasteiger charge is 2.37. The molecule has 1 fully saturated rings. The zero-order chi connectivity index (χ0) is 13.8. The summed E-state index contributed by atoms with van der Waals surface area (Å²) in [5.74, 6) is 0. The summed E-state index contributed by atoms with van der Waals surface area (Å²) in [5, 5.41) is 12.8. The summed E-state index contributed by atoms with van der Waals surface area (Å²) in [6.07, 6.45) is 2.07. The van der Waals surface area contributed by atoms with Crippen LogP contribution in [-0.2, 0) is 5.41 Å². The van der Waals surface area contributed by atoms with E-state index >= 15 is 0 Å². The SMILES string of the molecule is OCC1CCC(c2ccccc2)(c2ccccc2)CN1. The highest BCUT2D eigenvalue weighted by Crippen LogP contribution is 2.38. The minimum atomic E-state index is 0.0220. The molecule has 0 aliphatic carbocycles. The van der Waals surface area contributed by atoms with Crippen molar-refractivity contribution in [2.45, 2.75) is 24.3 Å². The molecule has 2 aromatic carbocycles. The van der Waals surface area contributed by atoms with Crippen LogP contribution in [0.4, 0.5) is 0 Å². The number of aliphatic hydroxyl groups is 1. The van der Waals surface area contributed by atoms with E-state index in [9.17, 15) is 5.11 Å². The zero-order valence-electron chi connectivity index (χ0n) is 11.6. The van der Waals surface area contributed by atoms with Gasteiger partial charge in [-0.2, -0.15) is 0 Å². The average molecular weight is 267 g/mol. The molecular weight excluding hydrogens is 246 g/mol. The fourth-order valence-corrected chi connectivity index (χ4v) is 3.26. The van der Waals surface area contributed by atoms with E-state index in [0.717, 1.165) is 19.4 Å². The van der Waals surface area contributed by atoms with Crippen molar-refractivity contribution in [1.82, 2.24) is 5.32 Å². The van der Waals surface area contributed by atoms with E-state index in [-0.39, 0.29) is 18.1 Å². The molecule has 1 aliphatic rings. The Kier molecular flexibility index (Phi) is 3.86. The molecule has 0 bridgehead atoms. The first-order valence-electron chi connectivity index (χ1n) is 7.30. The summed E-state index contributed by atoms with van der Waals surface area (Å²) in [6.45, 7) is 1.10.